The number of ether oxygens (including phenoxy) is 1. The molecule has 148 valence electrons. The van der Waals surface area contributed by atoms with Crippen molar-refractivity contribution in [3.63, 3.8) is 0 Å². The Morgan fingerprint density at radius 1 is 1.41 bits per heavy atom. The van der Waals surface area contributed by atoms with Gasteiger partial charge in [0.15, 0.2) is 5.82 Å². The van der Waals surface area contributed by atoms with E-state index >= 15 is 0 Å². The van der Waals surface area contributed by atoms with Gasteiger partial charge in [0.2, 0.25) is 5.91 Å². The molecule has 10 nitrogen and oxygen atoms in total. The van der Waals surface area contributed by atoms with Crippen LogP contribution in [0.1, 0.15) is 24.2 Å². The van der Waals surface area contributed by atoms with E-state index in [0.29, 0.717) is 19.7 Å². The number of hydrogen-bond donors (Lipinski definition) is 0. The Morgan fingerprint density at radius 3 is 2.89 bits per heavy atom. The molecule has 0 saturated carbocycles. The molecule has 1 amide bonds. The lowest BCUT2D eigenvalue weighted by Gasteiger charge is -2.45. The average Bonchev–Trinajstić information content (AvgIpc) is 3.28. The second-order valence-electron chi connectivity index (χ2n) is 7.28. The summed E-state index contributed by atoms with van der Waals surface area (Å²) in [6.07, 6.45) is 5.42. The summed E-state index contributed by atoms with van der Waals surface area (Å²) < 4.78 is 8.65. The van der Waals surface area contributed by atoms with E-state index in [1.165, 1.54) is 0 Å². The number of piperidine rings is 1. The molecule has 1 saturated heterocycles. The maximum atomic E-state index is 12.9. The average molecular weight is 376 g/mol. The molecule has 0 aromatic carbocycles. The number of likely N-dealkylation sites (N-methyl/N-ethyl adjacent to an activating group) is 1. The van der Waals surface area contributed by atoms with Gasteiger partial charge in [-0.3, -0.25) is 14.4 Å². The minimum absolute atomic E-state index is 0.0555. The summed E-state index contributed by atoms with van der Waals surface area (Å²) in [5.41, 5.74) is 0.618. The standard InChI is InChI=1S/C17H28N8O2/c1-14-10-18-24(11-14)12-15(26)23-7-5-6-17(13-23,22(2)3)16-19-20-21-25(16)8-9-27-4/h10-11H,5-9,12-13H2,1-4H3. The highest BCUT2D eigenvalue weighted by Gasteiger charge is 2.44. The van der Waals surface area contributed by atoms with Crippen molar-refractivity contribution in [2.24, 2.45) is 0 Å². The molecular weight excluding hydrogens is 348 g/mol. The molecule has 1 atom stereocenters. The second kappa shape index (κ2) is 8.13. The Bertz CT molecular complexity index is 771. The zero-order valence-corrected chi connectivity index (χ0v) is 16.5. The number of amides is 1. The molecule has 1 aliphatic heterocycles. The summed E-state index contributed by atoms with van der Waals surface area (Å²) in [5.74, 6) is 0.830. The number of carbonyl (C=O) groups is 1. The van der Waals surface area contributed by atoms with Crippen molar-refractivity contribution in [2.75, 3.05) is 40.9 Å². The number of aryl methyl sites for hydroxylation is 1. The molecular formula is C17H28N8O2. The molecule has 0 bridgehead atoms. The summed E-state index contributed by atoms with van der Waals surface area (Å²) >= 11 is 0. The summed E-state index contributed by atoms with van der Waals surface area (Å²) in [7, 11) is 5.68. The maximum absolute atomic E-state index is 12.9. The van der Waals surface area contributed by atoms with Crippen molar-refractivity contribution in [2.45, 2.75) is 38.4 Å². The summed E-state index contributed by atoms with van der Waals surface area (Å²) in [6.45, 7) is 4.59. The Morgan fingerprint density at radius 2 is 2.22 bits per heavy atom. The molecule has 27 heavy (non-hydrogen) atoms. The van der Waals surface area contributed by atoms with Crippen LogP contribution in [0.25, 0.3) is 0 Å². The van der Waals surface area contributed by atoms with Crippen LogP contribution >= 0.6 is 0 Å². The van der Waals surface area contributed by atoms with Crippen LogP contribution in [-0.2, 0) is 28.2 Å². The quantitative estimate of drug-likeness (QED) is 0.666. The number of likely N-dealkylation sites (tertiary alicyclic amines) is 1. The third-order valence-electron chi connectivity index (χ3n) is 5.19. The van der Waals surface area contributed by atoms with Crippen LogP contribution in [0.5, 0.6) is 0 Å². The lowest BCUT2D eigenvalue weighted by molar-refractivity contribution is -0.136. The Hall–Kier alpha value is -2.33. The monoisotopic (exact) mass is 376 g/mol. The highest BCUT2D eigenvalue weighted by atomic mass is 16.5. The van der Waals surface area contributed by atoms with Gasteiger partial charge in [0.05, 0.1) is 19.3 Å². The Labute approximate surface area is 159 Å². The number of aromatic nitrogens is 6. The van der Waals surface area contributed by atoms with Crippen molar-refractivity contribution >= 4 is 5.91 Å². The summed E-state index contributed by atoms with van der Waals surface area (Å²) in [5, 5.41) is 16.6. The van der Waals surface area contributed by atoms with Gasteiger partial charge >= 0.3 is 0 Å². The predicted octanol–water partition coefficient (Wildman–Crippen LogP) is -0.0961. The van der Waals surface area contributed by atoms with Crippen LogP contribution in [0.2, 0.25) is 0 Å². The molecule has 2 aromatic rings. The van der Waals surface area contributed by atoms with Crippen LogP contribution in [0, 0.1) is 6.92 Å². The third kappa shape index (κ3) is 4.01. The first kappa shape index (κ1) is 19.4. The summed E-state index contributed by atoms with van der Waals surface area (Å²) in [4.78, 5) is 16.9. The first-order chi connectivity index (χ1) is 13.0. The van der Waals surface area contributed by atoms with Crippen molar-refractivity contribution in [1.29, 1.82) is 0 Å². The molecule has 10 heteroatoms. The third-order valence-corrected chi connectivity index (χ3v) is 5.19. The van der Waals surface area contributed by atoms with Crippen LogP contribution in [-0.4, -0.2) is 86.6 Å². The van der Waals surface area contributed by atoms with E-state index in [9.17, 15) is 4.79 Å². The zero-order valence-electron chi connectivity index (χ0n) is 16.5. The van der Waals surface area contributed by atoms with Crippen LogP contribution in [0.4, 0.5) is 0 Å². The Balaban J connectivity index is 1.81. The van der Waals surface area contributed by atoms with Crippen LogP contribution < -0.4 is 0 Å². The Kier molecular flexibility index (Phi) is 5.85. The largest absolute Gasteiger partial charge is 0.383 e. The number of carbonyl (C=O) groups excluding carboxylic acids is 1. The van der Waals surface area contributed by atoms with Crippen LogP contribution in [0.15, 0.2) is 12.4 Å². The lowest BCUT2D eigenvalue weighted by Crippen LogP contribution is -2.57. The highest BCUT2D eigenvalue weighted by Crippen LogP contribution is 2.34. The molecule has 3 rings (SSSR count). The fraction of sp³-hybridized carbons (Fsp3) is 0.706. The molecule has 0 spiro atoms. The van der Waals surface area contributed by atoms with E-state index in [2.05, 4.69) is 25.5 Å². The number of tetrazole rings is 1. The van der Waals surface area contributed by atoms with E-state index in [1.807, 2.05) is 32.1 Å². The number of nitrogens with zero attached hydrogens (tertiary/aromatic N) is 8. The smallest absolute Gasteiger partial charge is 0.244 e. The maximum Gasteiger partial charge on any atom is 0.244 e. The number of methoxy groups -OCH3 is 1. The molecule has 0 aliphatic carbocycles. The second-order valence-corrected chi connectivity index (χ2v) is 7.28. The predicted molar refractivity (Wildman–Crippen MR) is 97.8 cm³/mol. The molecule has 0 radical (unpaired) electrons. The van der Waals surface area contributed by atoms with Gasteiger partial charge in [-0.2, -0.15) is 5.10 Å². The highest BCUT2D eigenvalue weighted by molar-refractivity contribution is 5.76. The van der Waals surface area contributed by atoms with Gasteiger partial charge in [-0.05, 0) is 49.9 Å². The topological polar surface area (TPSA) is 94.2 Å². The van der Waals surface area contributed by atoms with Crippen molar-refractivity contribution < 1.29 is 9.53 Å². The van der Waals surface area contributed by atoms with E-state index < -0.39 is 5.54 Å². The first-order valence-corrected chi connectivity index (χ1v) is 9.16. The molecule has 0 N–H and O–H groups in total. The van der Waals surface area contributed by atoms with E-state index in [-0.39, 0.29) is 12.5 Å². The van der Waals surface area contributed by atoms with Gasteiger partial charge in [-0.15, -0.1) is 5.10 Å². The number of hydrogen-bond acceptors (Lipinski definition) is 7. The van der Waals surface area contributed by atoms with Crippen molar-refractivity contribution in [1.82, 2.24) is 39.8 Å². The van der Waals surface area contributed by atoms with Gasteiger partial charge in [0.1, 0.15) is 12.1 Å². The van der Waals surface area contributed by atoms with Crippen molar-refractivity contribution in [3.8, 4) is 0 Å². The molecule has 1 aliphatic rings. The van der Waals surface area contributed by atoms with Gasteiger partial charge in [-0.1, -0.05) is 0 Å². The minimum Gasteiger partial charge on any atom is -0.383 e. The van der Waals surface area contributed by atoms with E-state index in [1.54, 1.807) is 22.7 Å². The van der Waals surface area contributed by atoms with Crippen molar-refractivity contribution in [3.05, 3.63) is 23.8 Å². The zero-order chi connectivity index (χ0) is 19.4. The van der Waals surface area contributed by atoms with Gasteiger partial charge in [0, 0.05) is 26.4 Å². The molecule has 1 unspecified atom stereocenters. The SMILES string of the molecule is COCCn1nnnc1C1(N(C)C)CCCN(C(=O)Cn2cc(C)cn2)C1. The van der Waals surface area contributed by atoms with Crippen LogP contribution in [0.3, 0.4) is 0 Å². The van der Waals surface area contributed by atoms with E-state index in [4.69, 9.17) is 4.74 Å². The van der Waals surface area contributed by atoms with Gasteiger partial charge in [0.25, 0.3) is 0 Å². The lowest BCUT2D eigenvalue weighted by atomic mass is 9.86. The minimum atomic E-state index is -0.425. The molecule has 2 aromatic heterocycles. The van der Waals surface area contributed by atoms with E-state index in [0.717, 1.165) is 30.8 Å². The van der Waals surface area contributed by atoms with Gasteiger partial charge < -0.3 is 9.64 Å². The molecule has 3 heterocycles. The normalized spacial score (nSPS) is 20.4. The summed E-state index contributed by atoms with van der Waals surface area (Å²) in [6, 6.07) is 0. The molecule has 1 fully saturated rings. The van der Waals surface area contributed by atoms with Gasteiger partial charge in [-0.25, -0.2) is 4.68 Å². The number of rotatable bonds is 7. The first-order valence-electron chi connectivity index (χ1n) is 9.16. The fourth-order valence-electron chi connectivity index (χ4n) is 3.65. The fourth-order valence-corrected chi connectivity index (χ4v) is 3.65.